The van der Waals surface area contributed by atoms with Gasteiger partial charge < -0.3 is 15.0 Å². The first-order valence-corrected chi connectivity index (χ1v) is 9.10. The summed E-state index contributed by atoms with van der Waals surface area (Å²) in [5.41, 5.74) is 1.16. The van der Waals surface area contributed by atoms with Gasteiger partial charge in [-0.1, -0.05) is 42.1 Å². The Kier molecular flexibility index (Phi) is 5.52. The quantitative estimate of drug-likeness (QED) is 0.782. The van der Waals surface area contributed by atoms with Crippen molar-refractivity contribution in [2.45, 2.75) is 42.6 Å². The third-order valence-electron chi connectivity index (χ3n) is 4.26. The summed E-state index contributed by atoms with van der Waals surface area (Å²) in [4.78, 5) is 11.2. The van der Waals surface area contributed by atoms with Crippen molar-refractivity contribution in [3.05, 3.63) is 41.7 Å². The van der Waals surface area contributed by atoms with Crippen LogP contribution in [0.5, 0.6) is 0 Å². The molecule has 1 aromatic heterocycles. The second kappa shape index (κ2) is 7.81. The Morgan fingerprint density at radius 3 is 2.71 bits per heavy atom. The van der Waals surface area contributed by atoms with Gasteiger partial charge in [0.05, 0.1) is 6.54 Å². The molecule has 128 valence electrons. The van der Waals surface area contributed by atoms with Gasteiger partial charge in [-0.15, -0.1) is 10.2 Å². The van der Waals surface area contributed by atoms with Crippen LogP contribution in [0.2, 0.25) is 0 Å². The van der Waals surface area contributed by atoms with Crippen LogP contribution in [-0.4, -0.2) is 44.2 Å². The largest absolute Gasteiger partial charge is 0.480 e. The molecule has 24 heavy (non-hydrogen) atoms. The van der Waals surface area contributed by atoms with Crippen LogP contribution in [0.4, 0.5) is 0 Å². The lowest BCUT2D eigenvalue weighted by molar-refractivity contribution is -0.136. The number of nitrogens with zero attached hydrogens (tertiary/aromatic N) is 3. The van der Waals surface area contributed by atoms with Gasteiger partial charge in [0, 0.05) is 5.92 Å². The number of nitrogens with one attached hydrogen (secondary N) is 1. The zero-order valence-corrected chi connectivity index (χ0v) is 14.5. The maximum absolute atomic E-state index is 11.2. The van der Waals surface area contributed by atoms with Crippen molar-refractivity contribution >= 4 is 17.7 Å². The van der Waals surface area contributed by atoms with Crippen LogP contribution in [0.3, 0.4) is 0 Å². The smallest absolute Gasteiger partial charge is 0.316 e. The average Bonchev–Trinajstić information content (AvgIpc) is 2.99. The zero-order chi connectivity index (χ0) is 16.9. The molecule has 3 rings (SSSR count). The molecule has 1 aliphatic heterocycles. The summed E-state index contributed by atoms with van der Waals surface area (Å²) in [6.45, 7) is 4.31. The normalized spacial score (nSPS) is 16.9. The molecule has 1 aliphatic rings. The Labute approximate surface area is 145 Å². The van der Waals surface area contributed by atoms with E-state index in [0.717, 1.165) is 37.3 Å². The van der Waals surface area contributed by atoms with Gasteiger partial charge in [0.25, 0.3) is 0 Å². The predicted octanol–water partition coefficient (Wildman–Crippen LogP) is 2.36. The summed E-state index contributed by atoms with van der Waals surface area (Å²) in [6.07, 6.45) is 2.07. The summed E-state index contributed by atoms with van der Waals surface area (Å²) in [5.74, 6) is 0.509. The van der Waals surface area contributed by atoms with E-state index in [9.17, 15) is 9.90 Å². The first-order chi connectivity index (χ1) is 11.6. The number of carboxylic acid groups (broad SMARTS) is 1. The van der Waals surface area contributed by atoms with E-state index >= 15 is 0 Å². The number of thioether (sulfide) groups is 1. The zero-order valence-electron chi connectivity index (χ0n) is 13.7. The number of benzene rings is 1. The van der Waals surface area contributed by atoms with Crippen molar-refractivity contribution in [2.24, 2.45) is 0 Å². The number of piperidine rings is 1. The van der Waals surface area contributed by atoms with Crippen LogP contribution in [0.25, 0.3) is 0 Å². The van der Waals surface area contributed by atoms with Crippen molar-refractivity contribution in [1.29, 1.82) is 0 Å². The molecule has 0 amide bonds. The van der Waals surface area contributed by atoms with Gasteiger partial charge in [-0.3, -0.25) is 4.79 Å². The molecule has 1 saturated heterocycles. The fourth-order valence-corrected chi connectivity index (χ4v) is 3.68. The van der Waals surface area contributed by atoms with E-state index in [1.165, 1.54) is 11.8 Å². The minimum absolute atomic E-state index is 0.372. The third-order valence-corrected chi connectivity index (χ3v) is 5.33. The lowest BCUT2D eigenvalue weighted by Gasteiger charge is -2.23. The van der Waals surface area contributed by atoms with Gasteiger partial charge in [0.2, 0.25) is 0 Å². The second-order valence-corrected chi connectivity index (χ2v) is 7.34. The number of hydrogen-bond acceptors (Lipinski definition) is 5. The second-order valence-electron chi connectivity index (χ2n) is 6.04. The summed E-state index contributed by atoms with van der Waals surface area (Å²) in [5, 5.41) is 21.4. The topological polar surface area (TPSA) is 80.0 Å². The summed E-state index contributed by atoms with van der Waals surface area (Å²) < 4.78 is 2.09. The molecule has 0 saturated carbocycles. The standard InChI is InChI=1S/C17H22N4O2S/c1-12(16(22)23)24-17-20-19-15(14-7-9-18-10-8-14)21(17)11-13-5-3-2-4-6-13/h2-6,12,14,18H,7-11H2,1H3,(H,22,23)/t12-/m0/s1. The molecular weight excluding hydrogens is 324 g/mol. The first kappa shape index (κ1) is 17.0. The van der Waals surface area contributed by atoms with E-state index in [4.69, 9.17) is 0 Å². The minimum Gasteiger partial charge on any atom is -0.480 e. The van der Waals surface area contributed by atoms with Crippen LogP contribution in [0.15, 0.2) is 35.5 Å². The third kappa shape index (κ3) is 3.96. The lowest BCUT2D eigenvalue weighted by atomic mass is 9.97. The number of aliphatic carboxylic acids is 1. The van der Waals surface area contributed by atoms with Crippen molar-refractivity contribution in [3.8, 4) is 0 Å². The van der Waals surface area contributed by atoms with Gasteiger partial charge >= 0.3 is 5.97 Å². The fourth-order valence-electron chi connectivity index (χ4n) is 2.89. The minimum atomic E-state index is -0.835. The highest BCUT2D eigenvalue weighted by Gasteiger charge is 2.25. The van der Waals surface area contributed by atoms with E-state index in [1.54, 1.807) is 6.92 Å². The number of aromatic nitrogens is 3. The maximum Gasteiger partial charge on any atom is 0.316 e. The molecule has 0 radical (unpaired) electrons. The molecule has 0 bridgehead atoms. The van der Waals surface area contributed by atoms with Gasteiger partial charge in [-0.25, -0.2) is 0 Å². The van der Waals surface area contributed by atoms with Gasteiger partial charge in [0.1, 0.15) is 11.1 Å². The Morgan fingerprint density at radius 2 is 2.04 bits per heavy atom. The summed E-state index contributed by atoms with van der Waals surface area (Å²) in [6, 6.07) is 10.2. The van der Waals surface area contributed by atoms with Crippen LogP contribution in [-0.2, 0) is 11.3 Å². The SMILES string of the molecule is C[C@H](Sc1nnc(C2CCNCC2)n1Cc1ccccc1)C(=O)O. The highest BCUT2D eigenvalue weighted by atomic mass is 32.2. The van der Waals surface area contributed by atoms with Crippen molar-refractivity contribution < 1.29 is 9.90 Å². The maximum atomic E-state index is 11.2. The molecule has 1 aromatic carbocycles. The van der Waals surface area contributed by atoms with Crippen molar-refractivity contribution in [1.82, 2.24) is 20.1 Å². The van der Waals surface area contributed by atoms with Crippen LogP contribution in [0, 0.1) is 0 Å². The fraction of sp³-hybridized carbons (Fsp3) is 0.471. The van der Waals surface area contributed by atoms with Gasteiger partial charge in [-0.05, 0) is 38.4 Å². The average molecular weight is 346 g/mol. The highest BCUT2D eigenvalue weighted by Crippen LogP contribution is 2.29. The van der Waals surface area contributed by atoms with Crippen molar-refractivity contribution in [2.75, 3.05) is 13.1 Å². The molecule has 0 aliphatic carbocycles. The molecular formula is C17H22N4O2S. The van der Waals surface area contributed by atoms with E-state index in [-0.39, 0.29) is 0 Å². The molecule has 1 fully saturated rings. The highest BCUT2D eigenvalue weighted by molar-refractivity contribution is 8.00. The lowest BCUT2D eigenvalue weighted by Crippen LogP contribution is -2.28. The summed E-state index contributed by atoms with van der Waals surface area (Å²) >= 11 is 1.26. The van der Waals surface area contributed by atoms with E-state index in [0.29, 0.717) is 17.6 Å². The van der Waals surface area contributed by atoms with Crippen LogP contribution < -0.4 is 5.32 Å². The summed E-state index contributed by atoms with van der Waals surface area (Å²) in [7, 11) is 0. The van der Waals surface area contributed by atoms with Crippen LogP contribution >= 0.6 is 11.8 Å². The number of rotatable bonds is 6. The van der Waals surface area contributed by atoms with E-state index in [2.05, 4.69) is 32.2 Å². The number of hydrogen-bond donors (Lipinski definition) is 2. The van der Waals surface area contributed by atoms with Crippen molar-refractivity contribution in [3.63, 3.8) is 0 Å². The Balaban J connectivity index is 1.90. The monoisotopic (exact) mass is 346 g/mol. The molecule has 6 nitrogen and oxygen atoms in total. The molecule has 0 spiro atoms. The first-order valence-electron chi connectivity index (χ1n) is 8.22. The number of carboxylic acids is 1. The van der Waals surface area contributed by atoms with Crippen LogP contribution in [0.1, 0.15) is 37.1 Å². The van der Waals surface area contributed by atoms with Gasteiger partial charge in [0.15, 0.2) is 5.16 Å². The molecule has 1 atom stereocenters. The molecule has 2 aromatic rings. The molecule has 0 unspecified atom stereocenters. The van der Waals surface area contributed by atoms with E-state index in [1.807, 2.05) is 18.2 Å². The van der Waals surface area contributed by atoms with Gasteiger partial charge in [-0.2, -0.15) is 0 Å². The van der Waals surface area contributed by atoms with E-state index < -0.39 is 11.2 Å². The molecule has 2 N–H and O–H groups in total. The Bertz CT molecular complexity index is 683. The molecule has 2 heterocycles. The predicted molar refractivity (Wildman–Crippen MR) is 93.4 cm³/mol. The Morgan fingerprint density at radius 1 is 1.33 bits per heavy atom. The number of carbonyl (C=O) groups is 1. The molecule has 7 heteroatoms. The Hall–Kier alpha value is -1.86.